The molecular weight excluding hydrogens is 230 g/mol. The van der Waals surface area contributed by atoms with E-state index in [1.165, 1.54) is 27.5 Å². The van der Waals surface area contributed by atoms with Gasteiger partial charge in [0.1, 0.15) is 0 Å². The highest BCUT2D eigenvalue weighted by Crippen LogP contribution is 2.38. The molecule has 1 heteroatoms. The predicted molar refractivity (Wildman–Crippen MR) is 84.1 cm³/mol. The second-order valence-corrected chi connectivity index (χ2v) is 5.24. The number of nitrogens with one attached hydrogen (secondary N) is 1. The van der Waals surface area contributed by atoms with Crippen molar-refractivity contribution in [3.8, 4) is 0 Å². The van der Waals surface area contributed by atoms with Crippen LogP contribution in [0.4, 0.5) is 0 Å². The zero-order valence-corrected chi connectivity index (χ0v) is 11.5. The SMILES string of the molecule is C=C(NC)c1c2c(cc3ccccc13)C=CCC2C. The van der Waals surface area contributed by atoms with E-state index in [0.29, 0.717) is 5.92 Å². The molecule has 0 spiro atoms. The van der Waals surface area contributed by atoms with Crippen LogP contribution in [0.25, 0.3) is 22.5 Å². The van der Waals surface area contributed by atoms with Crippen molar-refractivity contribution in [3.05, 3.63) is 59.7 Å². The molecule has 0 fully saturated rings. The summed E-state index contributed by atoms with van der Waals surface area (Å²) in [5.41, 5.74) is 5.06. The molecule has 0 radical (unpaired) electrons. The summed E-state index contributed by atoms with van der Waals surface area (Å²) >= 11 is 0. The van der Waals surface area contributed by atoms with Gasteiger partial charge in [-0.15, -0.1) is 0 Å². The smallest absolute Gasteiger partial charge is 0.0347 e. The van der Waals surface area contributed by atoms with E-state index in [4.69, 9.17) is 0 Å². The van der Waals surface area contributed by atoms with Crippen molar-refractivity contribution in [2.75, 3.05) is 7.05 Å². The normalized spacial score (nSPS) is 17.3. The molecule has 1 unspecified atom stereocenters. The van der Waals surface area contributed by atoms with Crippen LogP contribution in [0.1, 0.15) is 36.0 Å². The zero-order valence-electron chi connectivity index (χ0n) is 11.5. The molecule has 1 nitrogen and oxygen atoms in total. The van der Waals surface area contributed by atoms with Gasteiger partial charge in [0.15, 0.2) is 0 Å². The van der Waals surface area contributed by atoms with Gasteiger partial charge in [0, 0.05) is 18.3 Å². The second kappa shape index (κ2) is 4.58. The first-order valence-corrected chi connectivity index (χ1v) is 6.81. The highest BCUT2D eigenvalue weighted by molar-refractivity contribution is 5.97. The minimum atomic E-state index is 0.546. The molecule has 96 valence electrons. The summed E-state index contributed by atoms with van der Waals surface area (Å²) in [6.45, 7) is 6.50. The van der Waals surface area contributed by atoms with E-state index in [2.05, 4.69) is 61.3 Å². The summed E-state index contributed by atoms with van der Waals surface area (Å²) in [4.78, 5) is 0. The van der Waals surface area contributed by atoms with Crippen molar-refractivity contribution in [3.63, 3.8) is 0 Å². The van der Waals surface area contributed by atoms with Gasteiger partial charge in [-0.2, -0.15) is 0 Å². The minimum Gasteiger partial charge on any atom is -0.388 e. The number of rotatable bonds is 2. The van der Waals surface area contributed by atoms with Crippen LogP contribution in [-0.2, 0) is 0 Å². The molecule has 0 saturated heterocycles. The van der Waals surface area contributed by atoms with Crippen molar-refractivity contribution in [1.29, 1.82) is 0 Å². The molecule has 0 heterocycles. The monoisotopic (exact) mass is 249 g/mol. The van der Waals surface area contributed by atoms with Gasteiger partial charge in [-0.3, -0.25) is 0 Å². The van der Waals surface area contributed by atoms with E-state index in [-0.39, 0.29) is 0 Å². The lowest BCUT2D eigenvalue weighted by Gasteiger charge is -2.24. The van der Waals surface area contributed by atoms with Crippen LogP contribution < -0.4 is 5.32 Å². The van der Waals surface area contributed by atoms with Gasteiger partial charge in [0.25, 0.3) is 0 Å². The Morgan fingerprint density at radius 3 is 2.89 bits per heavy atom. The Morgan fingerprint density at radius 2 is 2.11 bits per heavy atom. The fraction of sp³-hybridized carbons (Fsp3) is 0.222. The average molecular weight is 249 g/mol. The topological polar surface area (TPSA) is 12.0 Å². The van der Waals surface area contributed by atoms with E-state index >= 15 is 0 Å². The molecule has 2 aromatic carbocycles. The summed E-state index contributed by atoms with van der Waals surface area (Å²) < 4.78 is 0. The van der Waals surface area contributed by atoms with Crippen molar-refractivity contribution in [1.82, 2.24) is 5.32 Å². The van der Waals surface area contributed by atoms with E-state index in [9.17, 15) is 0 Å². The van der Waals surface area contributed by atoms with Crippen molar-refractivity contribution >= 4 is 22.5 Å². The molecule has 1 aliphatic rings. The number of fused-ring (bicyclic) bond motifs is 2. The first-order chi connectivity index (χ1) is 9.22. The Kier molecular flexibility index (Phi) is 2.90. The number of hydrogen-bond acceptors (Lipinski definition) is 1. The Balaban J connectivity index is 2.43. The number of benzene rings is 2. The Labute approximate surface area is 114 Å². The predicted octanol–water partition coefficient (Wildman–Crippen LogP) is 4.55. The Hall–Kier alpha value is -2.02. The van der Waals surface area contributed by atoms with Crippen LogP contribution in [0, 0.1) is 0 Å². The maximum absolute atomic E-state index is 4.20. The quantitative estimate of drug-likeness (QED) is 0.823. The van der Waals surface area contributed by atoms with Gasteiger partial charge in [-0.25, -0.2) is 0 Å². The largest absolute Gasteiger partial charge is 0.388 e. The fourth-order valence-corrected chi connectivity index (χ4v) is 3.02. The van der Waals surface area contributed by atoms with E-state index in [1.54, 1.807) is 0 Å². The van der Waals surface area contributed by atoms with Gasteiger partial charge in [0.05, 0.1) is 0 Å². The molecule has 0 aromatic heterocycles. The molecule has 1 N–H and O–H groups in total. The highest BCUT2D eigenvalue weighted by atomic mass is 14.8. The molecule has 0 amide bonds. The van der Waals surface area contributed by atoms with Gasteiger partial charge in [0.2, 0.25) is 0 Å². The summed E-state index contributed by atoms with van der Waals surface area (Å²) in [5.74, 6) is 0.546. The van der Waals surface area contributed by atoms with Crippen molar-refractivity contribution in [2.45, 2.75) is 19.3 Å². The van der Waals surface area contributed by atoms with Crippen LogP contribution in [0.5, 0.6) is 0 Å². The molecule has 1 aliphatic carbocycles. The van der Waals surface area contributed by atoms with E-state index in [0.717, 1.165) is 12.1 Å². The van der Waals surface area contributed by atoms with Gasteiger partial charge in [-0.05, 0) is 40.3 Å². The molecule has 0 bridgehead atoms. The molecular formula is C18H19N. The molecule has 2 aromatic rings. The van der Waals surface area contributed by atoms with Crippen LogP contribution >= 0.6 is 0 Å². The third-order valence-electron chi connectivity index (χ3n) is 4.00. The summed E-state index contributed by atoms with van der Waals surface area (Å²) in [5, 5.41) is 5.80. The number of allylic oxidation sites excluding steroid dienone is 1. The number of hydrogen-bond donors (Lipinski definition) is 1. The first kappa shape index (κ1) is 12.0. The third-order valence-corrected chi connectivity index (χ3v) is 4.00. The van der Waals surface area contributed by atoms with Gasteiger partial charge in [-0.1, -0.05) is 49.9 Å². The Bertz CT molecular complexity index is 679. The van der Waals surface area contributed by atoms with Crippen LogP contribution in [0.15, 0.2) is 43.0 Å². The highest BCUT2D eigenvalue weighted by Gasteiger charge is 2.20. The molecule has 19 heavy (non-hydrogen) atoms. The second-order valence-electron chi connectivity index (χ2n) is 5.24. The standard InChI is InChI=1S/C18H19N/c1-12-7-6-9-15-11-14-8-4-5-10-16(14)18(17(12)15)13(2)19-3/h4-6,8-12,19H,2,7H2,1,3H3. The maximum atomic E-state index is 4.20. The van der Waals surface area contributed by atoms with Crippen LogP contribution in [0.3, 0.4) is 0 Å². The Morgan fingerprint density at radius 1 is 1.32 bits per heavy atom. The van der Waals surface area contributed by atoms with Gasteiger partial charge >= 0.3 is 0 Å². The third kappa shape index (κ3) is 1.86. The molecule has 0 aliphatic heterocycles. The molecule has 0 saturated carbocycles. The average Bonchev–Trinajstić information content (AvgIpc) is 2.44. The summed E-state index contributed by atoms with van der Waals surface area (Å²) in [7, 11) is 1.94. The molecule has 3 rings (SSSR count). The summed E-state index contributed by atoms with van der Waals surface area (Å²) in [6.07, 6.45) is 5.62. The lowest BCUT2D eigenvalue weighted by atomic mass is 9.81. The first-order valence-electron chi connectivity index (χ1n) is 6.81. The van der Waals surface area contributed by atoms with Crippen molar-refractivity contribution in [2.24, 2.45) is 0 Å². The zero-order chi connectivity index (χ0) is 13.4. The van der Waals surface area contributed by atoms with Crippen LogP contribution in [0.2, 0.25) is 0 Å². The molecule has 1 atom stereocenters. The van der Waals surface area contributed by atoms with E-state index < -0.39 is 0 Å². The lowest BCUT2D eigenvalue weighted by Crippen LogP contribution is -2.11. The van der Waals surface area contributed by atoms with E-state index in [1.807, 2.05) is 7.05 Å². The van der Waals surface area contributed by atoms with Crippen molar-refractivity contribution < 1.29 is 0 Å². The summed E-state index contributed by atoms with van der Waals surface area (Å²) in [6, 6.07) is 10.9. The van der Waals surface area contributed by atoms with Gasteiger partial charge < -0.3 is 5.32 Å². The minimum absolute atomic E-state index is 0.546. The van der Waals surface area contributed by atoms with Crippen LogP contribution in [-0.4, -0.2) is 7.05 Å². The lowest BCUT2D eigenvalue weighted by molar-refractivity contribution is 0.769. The fourth-order valence-electron chi connectivity index (χ4n) is 3.02. The maximum Gasteiger partial charge on any atom is 0.0347 e.